The van der Waals surface area contributed by atoms with E-state index in [9.17, 15) is 14.7 Å². The number of carboxylic acid groups (broad SMARTS) is 1. The lowest BCUT2D eigenvalue weighted by Crippen LogP contribution is -2.36. The molecule has 23 heavy (non-hydrogen) atoms. The van der Waals surface area contributed by atoms with Crippen LogP contribution in [0.25, 0.3) is 0 Å². The average Bonchev–Trinajstić information content (AvgIpc) is 3.15. The van der Waals surface area contributed by atoms with E-state index in [-0.39, 0.29) is 11.6 Å². The fourth-order valence-corrected chi connectivity index (χ4v) is 2.81. The zero-order chi connectivity index (χ0) is 16.4. The summed E-state index contributed by atoms with van der Waals surface area (Å²) >= 11 is 0. The second kappa shape index (κ2) is 6.15. The lowest BCUT2D eigenvalue weighted by Gasteiger charge is -2.27. The van der Waals surface area contributed by atoms with Crippen LogP contribution in [-0.2, 0) is 31.4 Å². The number of hydrogen-bond donors (Lipinski definition) is 1. The Kier molecular flexibility index (Phi) is 4.04. The van der Waals surface area contributed by atoms with Crippen molar-refractivity contribution in [1.82, 2.24) is 34.9 Å². The number of aryl methyl sites for hydroxylation is 2. The molecular weight excluding hydrogens is 302 g/mol. The van der Waals surface area contributed by atoms with Crippen LogP contribution < -0.4 is 0 Å². The molecule has 1 aliphatic heterocycles. The van der Waals surface area contributed by atoms with Gasteiger partial charge in [0, 0.05) is 50.8 Å². The molecule has 3 rings (SSSR count). The minimum atomic E-state index is -1.06. The Labute approximate surface area is 131 Å². The van der Waals surface area contributed by atoms with Crippen molar-refractivity contribution in [1.29, 1.82) is 0 Å². The second-order valence-electron chi connectivity index (χ2n) is 5.44. The van der Waals surface area contributed by atoms with Gasteiger partial charge in [-0.25, -0.2) is 9.48 Å². The molecular formula is C13H17N7O3. The molecule has 1 N–H and O–H groups in total. The van der Waals surface area contributed by atoms with Gasteiger partial charge in [0.1, 0.15) is 6.33 Å². The first-order valence-electron chi connectivity index (χ1n) is 7.33. The molecule has 1 aliphatic rings. The molecule has 10 nitrogen and oxygen atoms in total. The van der Waals surface area contributed by atoms with Crippen LogP contribution in [0, 0.1) is 0 Å². The normalized spacial score (nSPS) is 13.9. The number of fused-ring (bicyclic) bond motifs is 1. The van der Waals surface area contributed by atoms with E-state index >= 15 is 0 Å². The number of carbonyl (C=O) groups excluding carboxylic acids is 1. The largest absolute Gasteiger partial charge is 0.476 e. The third-order valence-corrected chi connectivity index (χ3v) is 3.97. The van der Waals surface area contributed by atoms with Gasteiger partial charge in [-0.2, -0.15) is 5.10 Å². The van der Waals surface area contributed by atoms with Gasteiger partial charge >= 0.3 is 5.97 Å². The molecule has 0 aromatic carbocycles. The number of aromatic nitrogens is 6. The summed E-state index contributed by atoms with van der Waals surface area (Å²) in [7, 11) is 1.73. The van der Waals surface area contributed by atoms with Crippen molar-refractivity contribution < 1.29 is 14.7 Å². The van der Waals surface area contributed by atoms with Gasteiger partial charge in [0.05, 0.1) is 0 Å². The quantitative estimate of drug-likeness (QED) is 0.786. The van der Waals surface area contributed by atoms with Crippen molar-refractivity contribution in [3.8, 4) is 0 Å². The maximum absolute atomic E-state index is 12.3. The van der Waals surface area contributed by atoms with Crippen molar-refractivity contribution in [2.45, 2.75) is 32.4 Å². The van der Waals surface area contributed by atoms with Crippen LogP contribution in [-0.4, -0.2) is 58.4 Å². The third-order valence-electron chi connectivity index (χ3n) is 3.97. The van der Waals surface area contributed by atoms with E-state index in [1.54, 1.807) is 21.3 Å². The summed E-state index contributed by atoms with van der Waals surface area (Å²) in [5.74, 6) is -1.06. The van der Waals surface area contributed by atoms with Crippen LogP contribution in [0.2, 0.25) is 0 Å². The van der Waals surface area contributed by atoms with Gasteiger partial charge in [0.2, 0.25) is 5.91 Å². The standard InChI is InChI=1S/C13H17N7O3/c1-18-10-4-6-19(7-9(10)12(15-18)13(22)23)11(21)3-2-5-20-8-14-16-17-20/h8H,2-7H2,1H3,(H,22,23). The summed E-state index contributed by atoms with van der Waals surface area (Å²) in [6, 6.07) is 0. The van der Waals surface area contributed by atoms with Gasteiger partial charge in [0.15, 0.2) is 5.69 Å². The first kappa shape index (κ1) is 15.1. The molecule has 122 valence electrons. The fourth-order valence-electron chi connectivity index (χ4n) is 2.81. The maximum Gasteiger partial charge on any atom is 0.356 e. The number of carboxylic acids is 1. The lowest BCUT2D eigenvalue weighted by atomic mass is 10.0. The molecule has 2 aromatic rings. The SMILES string of the molecule is Cn1nc(C(=O)O)c2c1CCN(C(=O)CCCn1cnnn1)C2. The van der Waals surface area contributed by atoms with Gasteiger partial charge in [0.25, 0.3) is 0 Å². The molecule has 0 atom stereocenters. The monoisotopic (exact) mass is 319 g/mol. The van der Waals surface area contributed by atoms with E-state index in [1.165, 1.54) is 6.33 Å². The molecule has 0 spiro atoms. The number of rotatable bonds is 5. The highest BCUT2D eigenvalue weighted by molar-refractivity contribution is 5.88. The molecule has 3 heterocycles. The Morgan fingerprint density at radius 3 is 2.91 bits per heavy atom. The Bertz CT molecular complexity index is 722. The molecule has 0 saturated carbocycles. The number of amides is 1. The van der Waals surface area contributed by atoms with E-state index in [1.807, 2.05) is 0 Å². The Morgan fingerprint density at radius 1 is 1.39 bits per heavy atom. The van der Waals surface area contributed by atoms with Crippen LogP contribution in [0.5, 0.6) is 0 Å². The highest BCUT2D eigenvalue weighted by Gasteiger charge is 2.28. The first-order valence-corrected chi connectivity index (χ1v) is 7.33. The van der Waals surface area contributed by atoms with E-state index in [4.69, 9.17) is 0 Å². The van der Waals surface area contributed by atoms with Gasteiger partial charge < -0.3 is 10.0 Å². The van der Waals surface area contributed by atoms with Crippen molar-refractivity contribution in [2.24, 2.45) is 7.05 Å². The van der Waals surface area contributed by atoms with Gasteiger partial charge in [-0.05, 0) is 16.8 Å². The highest BCUT2D eigenvalue weighted by atomic mass is 16.4. The van der Waals surface area contributed by atoms with E-state index in [0.29, 0.717) is 44.5 Å². The zero-order valence-electron chi connectivity index (χ0n) is 12.7. The van der Waals surface area contributed by atoms with Crippen LogP contribution >= 0.6 is 0 Å². The number of carbonyl (C=O) groups is 2. The maximum atomic E-state index is 12.3. The lowest BCUT2D eigenvalue weighted by molar-refractivity contribution is -0.132. The summed E-state index contributed by atoms with van der Waals surface area (Å²) in [5.41, 5.74) is 1.56. The van der Waals surface area contributed by atoms with E-state index < -0.39 is 5.97 Å². The minimum Gasteiger partial charge on any atom is -0.476 e. The van der Waals surface area contributed by atoms with Crippen LogP contribution in [0.3, 0.4) is 0 Å². The van der Waals surface area contributed by atoms with Crippen molar-refractivity contribution >= 4 is 11.9 Å². The number of hydrogen-bond acceptors (Lipinski definition) is 6. The molecule has 10 heteroatoms. The molecule has 1 amide bonds. The Morgan fingerprint density at radius 2 is 2.22 bits per heavy atom. The molecule has 0 bridgehead atoms. The third kappa shape index (κ3) is 3.05. The predicted octanol–water partition coefficient (Wildman–Crippen LogP) is -0.530. The molecule has 0 fully saturated rings. The summed E-state index contributed by atoms with van der Waals surface area (Å²) < 4.78 is 3.17. The topological polar surface area (TPSA) is 119 Å². The van der Waals surface area contributed by atoms with E-state index in [0.717, 1.165) is 5.69 Å². The molecule has 0 aliphatic carbocycles. The minimum absolute atomic E-state index is 0.00363. The molecule has 0 saturated heterocycles. The van der Waals surface area contributed by atoms with Crippen molar-refractivity contribution in [2.75, 3.05) is 6.54 Å². The molecule has 0 radical (unpaired) electrons. The average molecular weight is 319 g/mol. The Balaban J connectivity index is 1.62. The van der Waals surface area contributed by atoms with Crippen molar-refractivity contribution in [3.05, 3.63) is 23.3 Å². The van der Waals surface area contributed by atoms with Crippen molar-refractivity contribution in [3.63, 3.8) is 0 Å². The predicted molar refractivity (Wildman–Crippen MR) is 76.3 cm³/mol. The molecule has 0 unspecified atom stereocenters. The van der Waals surface area contributed by atoms with Gasteiger partial charge in [-0.3, -0.25) is 9.48 Å². The summed E-state index contributed by atoms with van der Waals surface area (Å²) in [6.07, 6.45) is 3.13. The zero-order valence-corrected chi connectivity index (χ0v) is 12.7. The first-order chi connectivity index (χ1) is 11.1. The molecule has 2 aromatic heterocycles. The summed E-state index contributed by atoms with van der Waals surface area (Å²) in [4.78, 5) is 25.3. The fraction of sp³-hybridized carbons (Fsp3) is 0.538. The van der Waals surface area contributed by atoms with Gasteiger partial charge in [-0.15, -0.1) is 5.10 Å². The smallest absolute Gasteiger partial charge is 0.356 e. The summed E-state index contributed by atoms with van der Waals surface area (Å²) in [6.45, 7) is 1.45. The number of aromatic carboxylic acids is 1. The number of tetrazole rings is 1. The summed E-state index contributed by atoms with van der Waals surface area (Å²) in [5, 5.41) is 24.1. The van der Waals surface area contributed by atoms with Gasteiger partial charge in [-0.1, -0.05) is 0 Å². The second-order valence-corrected chi connectivity index (χ2v) is 5.44. The van der Waals surface area contributed by atoms with Crippen LogP contribution in [0.15, 0.2) is 6.33 Å². The Hall–Kier alpha value is -2.78. The number of nitrogens with zero attached hydrogens (tertiary/aromatic N) is 7. The van der Waals surface area contributed by atoms with Crippen LogP contribution in [0.1, 0.15) is 34.6 Å². The van der Waals surface area contributed by atoms with E-state index in [2.05, 4.69) is 20.6 Å². The van der Waals surface area contributed by atoms with Crippen LogP contribution in [0.4, 0.5) is 0 Å². The highest BCUT2D eigenvalue weighted by Crippen LogP contribution is 2.22.